The lowest BCUT2D eigenvalue weighted by Gasteiger charge is -2.10. The van der Waals surface area contributed by atoms with Crippen molar-refractivity contribution in [2.24, 2.45) is 0 Å². The summed E-state index contributed by atoms with van der Waals surface area (Å²) in [7, 11) is 0. The maximum Gasteiger partial charge on any atom is 0.573 e. The third kappa shape index (κ3) is 3.37. The standard InChI is InChI=1S/C13H11F3N2O/c1-8-6-11(12(17)18-7-8)9-2-4-10(5-3-9)19-13(14,15)16/h2-7H,1H3,(H2,17,18). The summed E-state index contributed by atoms with van der Waals surface area (Å²) in [4.78, 5) is 4.00. The number of pyridine rings is 1. The van der Waals surface area contributed by atoms with Crippen LogP contribution in [0.2, 0.25) is 0 Å². The number of aryl methyl sites for hydroxylation is 1. The van der Waals surface area contributed by atoms with Gasteiger partial charge in [-0.1, -0.05) is 12.1 Å². The van der Waals surface area contributed by atoms with E-state index in [4.69, 9.17) is 5.73 Å². The molecule has 0 spiro atoms. The third-order valence-corrected chi connectivity index (χ3v) is 2.45. The predicted octanol–water partition coefficient (Wildman–Crippen LogP) is 3.54. The molecule has 1 aromatic carbocycles. The highest BCUT2D eigenvalue weighted by Crippen LogP contribution is 2.29. The molecule has 2 aromatic rings. The molecule has 3 nitrogen and oxygen atoms in total. The van der Waals surface area contributed by atoms with Gasteiger partial charge in [0, 0.05) is 11.8 Å². The van der Waals surface area contributed by atoms with Crippen LogP contribution in [0.5, 0.6) is 5.75 Å². The fourth-order valence-corrected chi connectivity index (χ4v) is 1.65. The average molecular weight is 268 g/mol. The predicted molar refractivity (Wildman–Crippen MR) is 65.5 cm³/mol. The van der Waals surface area contributed by atoms with E-state index in [1.165, 1.54) is 24.3 Å². The van der Waals surface area contributed by atoms with Gasteiger partial charge in [0.25, 0.3) is 0 Å². The molecule has 0 aliphatic heterocycles. The highest BCUT2D eigenvalue weighted by atomic mass is 19.4. The molecular formula is C13H11F3N2O. The van der Waals surface area contributed by atoms with E-state index in [0.717, 1.165) is 5.56 Å². The van der Waals surface area contributed by atoms with Gasteiger partial charge in [-0.15, -0.1) is 13.2 Å². The summed E-state index contributed by atoms with van der Waals surface area (Å²) in [6, 6.07) is 7.32. The fraction of sp³-hybridized carbons (Fsp3) is 0.154. The number of nitrogens with zero attached hydrogens (tertiary/aromatic N) is 1. The molecule has 0 aliphatic rings. The quantitative estimate of drug-likeness (QED) is 0.906. The molecule has 2 rings (SSSR count). The Bertz CT molecular complexity index is 579. The molecule has 0 aliphatic carbocycles. The zero-order chi connectivity index (χ0) is 14.0. The Morgan fingerprint density at radius 3 is 2.37 bits per heavy atom. The van der Waals surface area contributed by atoms with Crippen LogP contribution in [0.1, 0.15) is 5.56 Å². The van der Waals surface area contributed by atoms with Gasteiger partial charge in [-0.05, 0) is 36.2 Å². The van der Waals surface area contributed by atoms with Crippen molar-refractivity contribution in [3.63, 3.8) is 0 Å². The molecule has 0 saturated carbocycles. The van der Waals surface area contributed by atoms with Crippen molar-refractivity contribution in [3.8, 4) is 16.9 Å². The molecule has 0 radical (unpaired) electrons. The molecule has 0 fully saturated rings. The zero-order valence-corrected chi connectivity index (χ0v) is 10.0. The van der Waals surface area contributed by atoms with Gasteiger partial charge in [-0.2, -0.15) is 0 Å². The highest BCUT2D eigenvalue weighted by Gasteiger charge is 2.30. The van der Waals surface area contributed by atoms with E-state index in [-0.39, 0.29) is 5.75 Å². The molecule has 1 heterocycles. The summed E-state index contributed by atoms with van der Waals surface area (Å²) in [6.45, 7) is 1.86. The van der Waals surface area contributed by atoms with E-state index in [9.17, 15) is 13.2 Å². The number of alkyl halides is 3. The summed E-state index contributed by atoms with van der Waals surface area (Å²) in [5, 5.41) is 0. The molecule has 0 atom stereocenters. The number of halogens is 3. The van der Waals surface area contributed by atoms with Gasteiger partial charge in [0.15, 0.2) is 0 Å². The second kappa shape index (κ2) is 4.79. The first-order valence-corrected chi connectivity index (χ1v) is 5.43. The minimum absolute atomic E-state index is 0.268. The molecule has 1 aromatic heterocycles. The smallest absolute Gasteiger partial charge is 0.406 e. The van der Waals surface area contributed by atoms with Crippen molar-refractivity contribution >= 4 is 5.82 Å². The van der Waals surface area contributed by atoms with Crippen LogP contribution in [0.3, 0.4) is 0 Å². The van der Waals surface area contributed by atoms with Crippen LogP contribution >= 0.6 is 0 Å². The molecule has 0 saturated heterocycles. The normalized spacial score (nSPS) is 11.4. The second-order valence-electron chi connectivity index (χ2n) is 4.02. The summed E-state index contributed by atoms with van der Waals surface area (Å²) >= 11 is 0. The van der Waals surface area contributed by atoms with Crippen molar-refractivity contribution < 1.29 is 17.9 Å². The zero-order valence-electron chi connectivity index (χ0n) is 10.0. The van der Waals surface area contributed by atoms with E-state index in [1.807, 2.05) is 13.0 Å². The number of benzene rings is 1. The first-order chi connectivity index (χ1) is 8.85. The van der Waals surface area contributed by atoms with Crippen LogP contribution in [0.15, 0.2) is 36.5 Å². The molecule has 0 bridgehead atoms. The monoisotopic (exact) mass is 268 g/mol. The first-order valence-electron chi connectivity index (χ1n) is 5.43. The van der Waals surface area contributed by atoms with E-state index >= 15 is 0 Å². The van der Waals surface area contributed by atoms with Gasteiger partial charge >= 0.3 is 6.36 Å². The Balaban J connectivity index is 2.30. The van der Waals surface area contributed by atoms with Crippen molar-refractivity contribution in [1.29, 1.82) is 0 Å². The Morgan fingerprint density at radius 1 is 1.16 bits per heavy atom. The third-order valence-electron chi connectivity index (χ3n) is 2.45. The summed E-state index contributed by atoms with van der Waals surface area (Å²) in [5.41, 5.74) is 8.02. The Kier molecular flexibility index (Phi) is 3.33. The summed E-state index contributed by atoms with van der Waals surface area (Å²) in [6.07, 6.45) is -3.06. The van der Waals surface area contributed by atoms with Gasteiger partial charge in [-0.3, -0.25) is 0 Å². The lowest BCUT2D eigenvalue weighted by atomic mass is 10.1. The van der Waals surface area contributed by atoms with Crippen molar-refractivity contribution in [1.82, 2.24) is 4.98 Å². The Morgan fingerprint density at radius 2 is 1.79 bits per heavy atom. The number of anilines is 1. The van der Waals surface area contributed by atoms with Crippen LogP contribution in [-0.4, -0.2) is 11.3 Å². The average Bonchev–Trinajstić information content (AvgIpc) is 2.31. The highest BCUT2D eigenvalue weighted by molar-refractivity contribution is 5.74. The number of hydrogen-bond donors (Lipinski definition) is 1. The van der Waals surface area contributed by atoms with E-state index < -0.39 is 6.36 Å². The topological polar surface area (TPSA) is 48.1 Å². The number of nitrogen functional groups attached to an aromatic ring is 1. The molecule has 0 unspecified atom stereocenters. The fourth-order valence-electron chi connectivity index (χ4n) is 1.65. The van der Waals surface area contributed by atoms with Crippen LogP contribution in [0, 0.1) is 6.92 Å². The van der Waals surface area contributed by atoms with Gasteiger partial charge in [0.1, 0.15) is 11.6 Å². The van der Waals surface area contributed by atoms with Crippen LogP contribution < -0.4 is 10.5 Å². The van der Waals surface area contributed by atoms with Gasteiger partial charge < -0.3 is 10.5 Å². The molecule has 19 heavy (non-hydrogen) atoms. The summed E-state index contributed by atoms with van der Waals surface area (Å²) < 4.78 is 39.9. The van der Waals surface area contributed by atoms with Crippen molar-refractivity contribution in [2.45, 2.75) is 13.3 Å². The number of aromatic nitrogens is 1. The second-order valence-corrected chi connectivity index (χ2v) is 4.02. The molecule has 2 N–H and O–H groups in total. The maximum atomic E-state index is 12.0. The lowest BCUT2D eigenvalue weighted by Crippen LogP contribution is -2.16. The maximum absolute atomic E-state index is 12.0. The van der Waals surface area contributed by atoms with Crippen LogP contribution in [0.4, 0.5) is 19.0 Å². The number of hydrogen-bond acceptors (Lipinski definition) is 3. The van der Waals surface area contributed by atoms with Crippen molar-refractivity contribution in [2.75, 3.05) is 5.73 Å². The Hall–Kier alpha value is -2.24. The SMILES string of the molecule is Cc1cnc(N)c(-c2ccc(OC(F)(F)F)cc2)c1. The molecule has 0 amide bonds. The lowest BCUT2D eigenvalue weighted by molar-refractivity contribution is -0.274. The number of rotatable bonds is 2. The molecular weight excluding hydrogens is 257 g/mol. The molecule has 6 heteroatoms. The van der Waals surface area contributed by atoms with E-state index in [1.54, 1.807) is 6.20 Å². The number of nitrogens with two attached hydrogens (primary N) is 1. The summed E-state index contributed by atoms with van der Waals surface area (Å²) in [5.74, 6) is 0.0607. The van der Waals surface area contributed by atoms with Crippen LogP contribution in [0.25, 0.3) is 11.1 Å². The largest absolute Gasteiger partial charge is 0.573 e. The van der Waals surface area contributed by atoms with Gasteiger partial charge in [0.05, 0.1) is 0 Å². The molecule has 100 valence electrons. The minimum Gasteiger partial charge on any atom is -0.406 e. The van der Waals surface area contributed by atoms with E-state index in [0.29, 0.717) is 16.9 Å². The van der Waals surface area contributed by atoms with Crippen molar-refractivity contribution in [3.05, 3.63) is 42.1 Å². The Labute approximate surface area is 107 Å². The minimum atomic E-state index is -4.69. The van der Waals surface area contributed by atoms with Gasteiger partial charge in [-0.25, -0.2) is 4.98 Å². The van der Waals surface area contributed by atoms with Gasteiger partial charge in [0.2, 0.25) is 0 Å². The van der Waals surface area contributed by atoms with Crippen LogP contribution in [-0.2, 0) is 0 Å². The van der Waals surface area contributed by atoms with E-state index in [2.05, 4.69) is 9.72 Å². The first kappa shape index (κ1) is 13.2. The number of ether oxygens (including phenoxy) is 1.